The summed E-state index contributed by atoms with van der Waals surface area (Å²) in [5.74, 6) is 0.372. The van der Waals surface area contributed by atoms with E-state index < -0.39 is 0 Å². The number of hydrogen-bond donors (Lipinski definition) is 0. The van der Waals surface area contributed by atoms with Crippen LogP contribution in [0, 0.1) is 0 Å². The van der Waals surface area contributed by atoms with E-state index in [0.717, 1.165) is 38.9 Å². The summed E-state index contributed by atoms with van der Waals surface area (Å²) in [5.41, 5.74) is 4.17. The Labute approximate surface area is 152 Å². The fourth-order valence-corrected chi connectivity index (χ4v) is 3.43. The third kappa shape index (κ3) is 5.69. The van der Waals surface area contributed by atoms with Gasteiger partial charge in [0.2, 0.25) is 0 Å². The highest BCUT2D eigenvalue weighted by Crippen LogP contribution is 2.25. The maximum absolute atomic E-state index is 5.95. The van der Waals surface area contributed by atoms with Gasteiger partial charge >= 0.3 is 0 Å². The van der Waals surface area contributed by atoms with Gasteiger partial charge in [-0.05, 0) is 48.8 Å². The largest absolute Gasteiger partial charge is 0.352 e. The second kappa shape index (κ2) is 9.74. The van der Waals surface area contributed by atoms with Crippen molar-refractivity contribution in [3.63, 3.8) is 0 Å². The molecule has 2 aromatic carbocycles. The number of aryl methyl sites for hydroxylation is 2. The van der Waals surface area contributed by atoms with Gasteiger partial charge in [-0.3, -0.25) is 0 Å². The lowest BCUT2D eigenvalue weighted by Gasteiger charge is -2.29. The molecule has 0 bridgehead atoms. The van der Waals surface area contributed by atoms with Gasteiger partial charge in [-0.25, -0.2) is 0 Å². The van der Waals surface area contributed by atoms with E-state index in [9.17, 15) is 0 Å². The smallest absolute Gasteiger partial charge is 0.157 e. The molecule has 0 aliphatic carbocycles. The average molecular weight is 338 g/mol. The van der Waals surface area contributed by atoms with Crippen LogP contribution in [0.5, 0.6) is 0 Å². The molecule has 25 heavy (non-hydrogen) atoms. The van der Waals surface area contributed by atoms with Gasteiger partial charge in [-0.1, -0.05) is 67.9 Å². The maximum atomic E-state index is 5.95. The standard InChI is InChI=1S/C23H30O2/c1-2-8-19-13-15-21(16-14-19)22-17-24-23(25-18-22)12-7-6-11-20-9-4-3-5-10-20/h3-5,9-10,13-16,22-23H,2,6-8,11-12,17-18H2,1H3. The number of unbranched alkanes of at least 4 members (excludes halogenated alkanes) is 1. The first-order valence-corrected chi connectivity index (χ1v) is 9.71. The molecule has 134 valence electrons. The first-order valence-electron chi connectivity index (χ1n) is 9.71. The number of benzene rings is 2. The van der Waals surface area contributed by atoms with Gasteiger partial charge in [0.15, 0.2) is 6.29 Å². The minimum absolute atomic E-state index is 0.0219. The molecule has 1 aliphatic rings. The molecule has 1 aliphatic heterocycles. The second-order valence-corrected chi connectivity index (χ2v) is 7.02. The zero-order valence-corrected chi connectivity index (χ0v) is 15.3. The summed E-state index contributed by atoms with van der Waals surface area (Å²) in [6.07, 6.45) is 6.80. The van der Waals surface area contributed by atoms with Crippen LogP contribution in [0.15, 0.2) is 54.6 Å². The van der Waals surface area contributed by atoms with Gasteiger partial charge < -0.3 is 9.47 Å². The lowest BCUT2D eigenvalue weighted by molar-refractivity contribution is -0.190. The monoisotopic (exact) mass is 338 g/mol. The predicted molar refractivity (Wildman–Crippen MR) is 103 cm³/mol. The quantitative estimate of drug-likeness (QED) is 0.591. The Balaban J connectivity index is 1.35. The molecule has 3 rings (SSSR count). The van der Waals surface area contributed by atoms with E-state index in [2.05, 4.69) is 61.5 Å². The van der Waals surface area contributed by atoms with E-state index in [4.69, 9.17) is 9.47 Å². The molecule has 2 nitrogen and oxygen atoms in total. The SMILES string of the molecule is CCCc1ccc(C2COC(CCCCc3ccccc3)OC2)cc1. The molecular formula is C23H30O2. The molecule has 2 heteroatoms. The van der Waals surface area contributed by atoms with E-state index in [-0.39, 0.29) is 6.29 Å². The van der Waals surface area contributed by atoms with Crippen LogP contribution < -0.4 is 0 Å². The Hall–Kier alpha value is -1.64. The van der Waals surface area contributed by atoms with Crippen LogP contribution in [0.25, 0.3) is 0 Å². The molecule has 0 spiro atoms. The number of hydrogen-bond acceptors (Lipinski definition) is 2. The molecule has 2 aromatic rings. The Morgan fingerprint density at radius 2 is 1.48 bits per heavy atom. The minimum atomic E-state index is -0.0219. The van der Waals surface area contributed by atoms with Crippen LogP contribution in [0.4, 0.5) is 0 Å². The topological polar surface area (TPSA) is 18.5 Å². The van der Waals surface area contributed by atoms with Gasteiger partial charge in [0, 0.05) is 5.92 Å². The first-order chi connectivity index (χ1) is 12.3. The molecule has 0 radical (unpaired) electrons. The van der Waals surface area contributed by atoms with Crippen LogP contribution in [0.1, 0.15) is 55.2 Å². The van der Waals surface area contributed by atoms with Crippen molar-refractivity contribution >= 4 is 0 Å². The van der Waals surface area contributed by atoms with E-state index in [1.807, 2.05) is 0 Å². The van der Waals surface area contributed by atoms with Gasteiger partial charge in [-0.15, -0.1) is 0 Å². The van der Waals surface area contributed by atoms with Crippen molar-refractivity contribution in [2.75, 3.05) is 13.2 Å². The highest BCUT2D eigenvalue weighted by atomic mass is 16.7. The van der Waals surface area contributed by atoms with Crippen molar-refractivity contribution in [2.45, 2.75) is 57.7 Å². The normalized spacial score (nSPS) is 20.5. The van der Waals surface area contributed by atoms with E-state index in [1.54, 1.807) is 0 Å². The maximum Gasteiger partial charge on any atom is 0.157 e. The van der Waals surface area contributed by atoms with Crippen LogP contribution in [-0.2, 0) is 22.3 Å². The fourth-order valence-electron chi connectivity index (χ4n) is 3.43. The van der Waals surface area contributed by atoms with Crippen LogP contribution in [-0.4, -0.2) is 19.5 Å². The first kappa shape index (κ1) is 18.2. The third-order valence-corrected chi connectivity index (χ3v) is 4.95. The Morgan fingerprint density at radius 1 is 0.800 bits per heavy atom. The Bertz CT molecular complexity index is 598. The zero-order chi connectivity index (χ0) is 17.3. The summed E-state index contributed by atoms with van der Waals surface area (Å²) in [6.45, 7) is 3.77. The summed E-state index contributed by atoms with van der Waals surface area (Å²) in [5, 5.41) is 0. The molecule has 1 saturated heterocycles. The number of rotatable bonds is 8. The van der Waals surface area contributed by atoms with E-state index >= 15 is 0 Å². The molecule has 0 unspecified atom stereocenters. The van der Waals surface area contributed by atoms with Gasteiger partial charge in [0.25, 0.3) is 0 Å². The van der Waals surface area contributed by atoms with Crippen molar-refractivity contribution in [1.29, 1.82) is 0 Å². The molecule has 0 aromatic heterocycles. The van der Waals surface area contributed by atoms with Crippen molar-refractivity contribution in [3.05, 3.63) is 71.3 Å². The van der Waals surface area contributed by atoms with E-state index in [0.29, 0.717) is 5.92 Å². The highest BCUT2D eigenvalue weighted by Gasteiger charge is 2.23. The van der Waals surface area contributed by atoms with Crippen molar-refractivity contribution in [1.82, 2.24) is 0 Å². The van der Waals surface area contributed by atoms with Crippen molar-refractivity contribution in [3.8, 4) is 0 Å². The molecular weight excluding hydrogens is 308 g/mol. The molecule has 0 atom stereocenters. The lowest BCUT2D eigenvalue weighted by atomic mass is 9.98. The summed E-state index contributed by atoms with van der Waals surface area (Å²) in [6, 6.07) is 19.7. The van der Waals surface area contributed by atoms with Crippen molar-refractivity contribution in [2.24, 2.45) is 0 Å². The summed E-state index contributed by atoms with van der Waals surface area (Å²) >= 11 is 0. The third-order valence-electron chi connectivity index (χ3n) is 4.95. The molecule has 0 amide bonds. The lowest BCUT2D eigenvalue weighted by Crippen LogP contribution is -2.30. The summed E-state index contributed by atoms with van der Waals surface area (Å²) in [4.78, 5) is 0. The Morgan fingerprint density at radius 3 is 2.16 bits per heavy atom. The summed E-state index contributed by atoms with van der Waals surface area (Å²) < 4.78 is 11.9. The molecule has 0 saturated carbocycles. The minimum Gasteiger partial charge on any atom is -0.352 e. The zero-order valence-electron chi connectivity index (χ0n) is 15.3. The van der Waals surface area contributed by atoms with Crippen LogP contribution in [0.3, 0.4) is 0 Å². The fraction of sp³-hybridized carbons (Fsp3) is 0.478. The molecule has 1 heterocycles. The van der Waals surface area contributed by atoms with Gasteiger partial charge in [-0.2, -0.15) is 0 Å². The second-order valence-electron chi connectivity index (χ2n) is 7.02. The predicted octanol–water partition coefficient (Wildman–Crippen LogP) is 5.51. The van der Waals surface area contributed by atoms with Crippen LogP contribution >= 0.6 is 0 Å². The van der Waals surface area contributed by atoms with E-state index in [1.165, 1.54) is 29.5 Å². The Kier molecular flexibility index (Phi) is 7.08. The van der Waals surface area contributed by atoms with Gasteiger partial charge in [0.1, 0.15) is 0 Å². The van der Waals surface area contributed by atoms with Crippen LogP contribution in [0.2, 0.25) is 0 Å². The molecule has 0 N–H and O–H groups in total. The average Bonchev–Trinajstić information content (AvgIpc) is 2.68. The molecule has 1 fully saturated rings. The van der Waals surface area contributed by atoms with Gasteiger partial charge in [0.05, 0.1) is 13.2 Å². The van der Waals surface area contributed by atoms with Crippen molar-refractivity contribution < 1.29 is 9.47 Å². The summed E-state index contributed by atoms with van der Waals surface area (Å²) in [7, 11) is 0. The number of ether oxygens (including phenoxy) is 2. The highest BCUT2D eigenvalue weighted by molar-refractivity contribution is 5.26.